The van der Waals surface area contributed by atoms with Gasteiger partial charge in [0.15, 0.2) is 0 Å². The zero-order chi connectivity index (χ0) is 20.1. The largest absolute Gasteiger partial charge is 0.379 e. The molecule has 1 unspecified atom stereocenters. The van der Waals surface area contributed by atoms with Crippen LogP contribution in [0.2, 0.25) is 0 Å². The quantitative estimate of drug-likeness (QED) is 0.843. The van der Waals surface area contributed by atoms with E-state index in [1.807, 2.05) is 47.4 Å². The van der Waals surface area contributed by atoms with Crippen LogP contribution in [0.3, 0.4) is 0 Å². The summed E-state index contributed by atoms with van der Waals surface area (Å²) < 4.78 is 5.35. The smallest absolute Gasteiger partial charge is 0.254 e. The van der Waals surface area contributed by atoms with E-state index < -0.39 is 0 Å². The van der Waals surface area contributed by atoms with Crippen molar-refractivity contribution < 1.29 is 14.3 Å². The van der Waals surface area contributed by atoms with Gasteiger partial charge in [-0.05, 0) is 29.7 Å². The number of carbonyl (C=O) groups is 2. The van der Waals surface area contributed by atoms with E-state index in [0.717, 1.165) is 62.0 Å². The maximum Gasteiger partial charge on any atom is 0.254 e. The number of morpholine rings is 1. The number of carbonyl (C=O) groups excluding carboxylic acids is 2. The lowest BCUT2D eigenvalue weighted by Gasteiger charge is -2.32. The summed E-state index contributed by atoms with van der Waals surface area (Å²) in [6, 6.07) is 13.8. The highest BCUT2D eigenvalue weighted by molar-refractivity contribution is 6.07. The number of ether oxygens (including phenoxy) is 1. The van der Waals surface area contributed by atoms with Gasteiger partial charge in [-0.1, -0.05) is 36.4 Å². The van der Waals surface area contributed by atoms with Crippen molar-refractivity contribution in [1.82, 2.24) is 15.1 Å². The number of likely N-dealkylation sites (tertiary alicyclic amines) is 1. The molecule has 2 aliphatic heterocycles. The molecule has 154 valence electrons. The normalized spacial score (nSPS) is 20.6. The zero-order valence-corrected chi connectivity index (χ0v) is 16.8. The lowest BCUT2D eigenvalue weighted by atomic mass is 9.95. The lowest BCUT2D eigenvalue weighted by molar-refractivity contribution is -0.126. The first-order valence-electron chi connectivity index (χ1n) is 10.6. The van der Waals surface area contributed by atoms with Gasteiger partial charge in [-0.15, -0.1) is 0 Å². The molecule has 0 aliphatic carbocycles. The number of hydrogen-bond donors (Lipinski definition) is 1. The van der Waals surface area contributed by atoms with Crippen LogP contribution >= 0.6 is 0 Å². The van der Waals surface area contributed by atoms with Gasteiger partial charge < -0.3 is 15.0 Å². The number of benzene rings is 2. The third-order valence-electron chi connectivity index (χ3n) is 5.93. The molecule has 0 aromatic heterocycles. The molecular formula is C23H29N3O3. The van der Waals surface area contributed by atoms with Crippen molar-refractivity contribution >= 4 is 22.6 Å². The topological polar surface area (TPSA) is 61.9 Å². The van der Waals surface area contributed by atoms with Gasteiger partial charge in [0.05, 0.1) is 19.1 Å². The van der Waals surface area contributed by atoms with Gasteiger partial charge in [0.25, 0.3) is 5.91 Å². The fraction of sp³-hybridized carbons (Fsp3) is 0.478. The molecule has 4 rings (SSSR count). The van der Waals surface area contributed by atoms with E-state index in [0.29, 0.717) is 19.6 Å². The van der Waals surface area contributed by atoms with Crippen molar-refractivity contribution in [3.63, 3.8) is 0 Å². The van der Waals surface area contributed by atoms with Crippen molar-refractivity contribution in [2.45, 2.75) is 12.8 Å². The predicted octanol–water partition coefficient (Wildman–Crippen LogP) is 2.14. The van der Waals surface area contributed by atoms with E-state index in [1.54, 1.807) is 0 Å². The summed E-state index contributed by atoms with van der Waals surface area (Å²) in [6.45, 7) is 6.07. The molecule has 1 atom stereocenters. The lowest BCUT2D eigenvalue weighted by Crippen LogP contribution is -2.47. The number of fused-ring (bicyclic) bond motifs is 1. The van der Waals surface area contributed by atoms with Crippen molar-refractivity contribution in [2.24, 2.45) is 5.92 Å². The minimum atomic E-state index is -0.132. The third kappa shape index (κ3) is 4.77. The van der Waals surface area contributed by atoms with Gasteiger partial charge in [0, 0.05) is 44.8 Å². The van der Waals surface area contributed by atoms with Crippen LogP contribution in [0, 0.1) is 5.92 Å². The van der Waals surface area contributed by atoms with Crippen LogP contribution < -0.4 is 5.32 Å². The highest BCUT2D eigenvalue weighted by Gasteiger charge is 2.29. The van der Waals surface area contributed by atoms with Gasteiger partial charge in [-0.3, -0.25) is 14.5 Å². The molecule has 2 heterocycles. The van der Waals surface area contributed by atoms with Crippen molar-refractivity contribution in [3.8, 4) is 0 Å². The molecule has 1 N–H and O–H groups in total. The minimum absolute atomic E-state index is 0.0209. The van der Waals surface area contributed by atoms with Crippen LogP contribution in [0.15, 0.2) is 42.5 Å². The first-order chi connectivity index (χ1) is 14.2. The number of hydrogen-bond acceptors (Lipinski definition) is 4. The van der Waals surface area contributed by atoms with Crippen molar-refractivity contribution in [2.75, 3.05) is 52.5 Å². The second-order valence-electron chi connectivity index (χ2n) is 7.86. The Bertz CT molecular complexity index is 858. The Labute approximate surface area is 171 Å². The Morgan fingerprint density at radius 2 is 1.83 bits per heavy atom. The number of amides is 2. The Morgan fingerprint density at radius 1 is 1.03 bits per heavy atom. The van der Waals surface area contributed by atoms with Crippen LogP contribution in [0.1, 0.15) is 23.2 Å². The summed E-state index contributed by atoms with van der Waals surface area (Å²) in [5.41, 5.74) is 0.719. The van der Waals surface area contributed by atoms with E-state index in [1.165, 1.54) is 0 Å². The zero-order valence-electron chi connectivity index (χ0n) is 16.8. The fourth-order valence-electron chi connectivity index (χ4n) is 4.26. The summed E-state index contributed by atoms with van der Waals surface area (Å²) in [6.07, 6.45) is 1.70. The second kappa shape index (κ2) is 9.37. The fourth-order valence-corrected chi connectivity index (χ4v) is 4.26. The predicted molar refractivity (Wildman–Crippen MR) is 113 cm³/mol. The van der Waals surface area contributed by atoms with E-state index in [2.05, 4.69) is 10.2 Å². The molecule has 2 saturated heterocycles. The average Bonchev–Trinajstić information content (AvgIpc) is 2.79. The monoisotopic (exact) mass is 395 g/mol. The number of nitrogens with zero attached hydrogens (tertiary/aromatic N) is 2. The van der Waals surface area contributed by atoms with Crippen LogP contribution in [0.25, 0.3) is 10.8 Å². The Kier molecular flexibility index (Phi) is 6.42. The van der Waals surface area contributed by atoms with E-state index in [4.69, 9.17) is 4.74 Å². The van der Waals surface area contributed by atoms with Crippen molar-refractivity contribution in [1.29, 1.82) is 0 Å². The molecule has 0 bridgehead atoms. The summed E-state index contributed by atoms with van der Waals surface area (Å²) in [7, 11) is 0. The molecule has 0 radical (unpaired) electrons. The van der Waals surface area contributed by atoms with Crippen LogP contribution in [-0.4, -0.2) is 74.1 Å². The molecule has 2 aromatic rings. The van der Waals surface area contributed by atoms with Gasteiger partial charge >= 0.3 is 0 Å². The Hall–Kier alpha value is -2.44. The second-order valence-corrected chi connectivity index (χ2v) is 7.86. The van der Waals surface area contributed by atoms with Gasteiger partial charge in [-0.2, -0.15) is 0 Å². The number of rotatable bonds is 5. The Balaban J connectivity index is 1.35. The molecule has 2 amide bonds. The van der Waals surface area contributed by atoms with E-state index in [-0.39, 0.29) is 17.7 Å². The SMILES string of the molecule is O=C(NCCN1CCOCC1)C1CCCN(C(=O)c2cccc3ccccc23)C1. The van der Waals surface area contributed by atoms with Gasteiger partial charge in [0.2, 0.25) is 5.91 Å². The number of nitrogens with one attached hydrogen (secondary N) is 1. The molecule has 6 heteroatoms. The summed E-state index contributed by atoms with van der Waals surface area (Å²) in [5.74, 6) is -0.0475. The maximum atomic E-state index is 13.2. The maximum absolute atomic E-state index is 13.2. The van der Waals surface area contributed by atoms with E-state index >= 15 is 0 Å². The average molecular weight is 396 g/mol. The highest BCUT2D eigenvalue weighted by atomic mass is 16.5. The van der Waals surface area contributed by atoms with Gasteiger partial charge in [0.1, 0.15) is 0 Å². The molecule has 29 heavy (non-hydrogen) atoms. The molecule has 6 nitrogen and oxygen atoms in total. The molecule has 0 saturated carbocycles. The van der Waals surface area contributed by atoms with Crippen LogP contribution in [-0.2, 0) is 9.53 Å². The van der Waals surface area contributed by atoms with Crippen LogP contribution in [0.5, 0.6) is 0 Å². The number of piperidine rings is 1. The van der Waals surface area contributed by atoms with Crippen LogP contribution in [0.4, 0.5) is 0 Å². The summed E-state index contributed by atoms with van der Waals surface area (Å²) in [5, 5.41) is 5.10. The Morgan fingerprint density at radius 3 is 2.69 bits per heavy atom. The molecular weight excluding hydrogens is 366 g/mol. The molecule has 2 aliphatic rings. The third-order valence-corrected chi connectivity index (χ3v) is 5.93. The first kappa shape index (κ1) is 19.9. The minimum Gasteiger partial charge on any atom is -0.379 e. The molecule has 2 fully saturated rings. The summed E-state index contributed by atoms with van der Waals surface area (Å²) in [4.78, 5) is 30.0. The molecule has 0 spiro atoms. The van der Waals surface area contributed by atoms with Gasteiger partial charge in [-0.25, -0.2) is 0 Å². The molecule has 2 aromatic carbocycles. The van der Waals surface area contributed by atoms with Crippen molar-refractivity contribution in [3.05, 3.63) is 48.0 Å². The summed E-state index contributed by atoms with van der Waals surface area (Å²) >= 11 is 0. The first-order valence-corrected chi connectivity index (χ1v) is 10.6. The standard InChI is InChI=1S/C23H29N3O3/c27-22(24-10-12-25-13-15-29-16-14-25)19-7-4-11-26(17-19)23(28)21-9-3-6-18-5-1-2-8-20(18)21/h1-3,5-6,8-9,19H,4,7,10-17H2,(H,24,27). The highest BCUT2D eigenvalue weighted by Crippen LogP contribution is 2.23. The van der Waals surface area contributed by atoms with E-state index in [9.17, 15) is 9.59 Å².